The number of hydrogen-bond donors (Lipinski definition) is 1. The van der Waals surface area contributed by atoms with Gasteiger partial charge in [0, 0.05) is 19.0 Å². The number of rotatable bonds is 3. The van der Waals surface area contributed by atoms with Gasteiger partial charge in [-0.3, -0.25) is 9.59 Å². The largest absolute Gasteiger partial charge is 0.481 e. The van der Waals surface area contributed by atoms with Crippen molar-refractivity contribution in [1.82, 2.24) is 9.88 Å². The van der Waals surface area contributed by atoms with E-state index in [4.69, 9.17) is 5.11 Å². The molecule has 2 rings (SSSR count). The SMILES string of the molecule is Cc1ncsc1C(=O)N1CC(CC(=O)O)C1. The molecule has 16 heavy (non-hydrogen) atoms. The van der Waals surface area contributed by atoms with Crippen molar-refractivity contribution in [2.45, 2.75) is 13.3 Å². The van der Waals surface area contributed by atoms with Crippen molar-refractivity contribution in [1.29, 1.82) is 0 Å². The van der Waals surface area contributed by atoms with Crippen LogP contribution in [0.2, 0.25) is 0 Å². The average Bonchev–Trinajstić information content (AvgIpc) is 2.56. The summed E-state index contributed by atoms with van der Waals surface area (Å²) < 4.78 is 0. The van der Waals surface area contributed by atoms with Crippen molar-refractivity contribution in [3.8, 4) is 0 Å². The van der Waals surface area contributed by atoms with E-state index in [0.717, 1.165) is 5.69 Å². The zero-order chi connectivity index (χ0) is 11.7. The van der Waals surface area contributed by atoms with Gasteiger partial charge in [0.2, 0.25) is 0 Å². The number of amides is 1. The standard InChI is InChI=1S/C10H12N2O3S/c1-6-9(16-5-11-6)10(15)12-3-7(4-12)2-8(13)14/h5,7H,2-4H2,1H3,(H,13,14). The topological polar surface area (TPSA) is 70.5 Å². The number of carboxylic acids is 1. The summed E-state index contributed by atoms with van der Waals surface area (Å²) in [6.07, 6.45) is 0.144. The summed E-state index contributed by atoms with van der Waals surface area (Å²) in [5, 5.41) is 8.59. The molecule has 2 heterocycles. The van der Waals surface area contributed by atoms with Gasteiger partial charge in [-0.05, 0) is 6.92 Å². The summed E-state index contributed by atoms with van der Waals surface area (Å²) in [6, 6.07) is 0. The normalized spacial score (nSPS) is 15.9. The molecule has 0 bridgehead atoms. The minimum atomic E-state index is -0.800. The second kappa shape index (κ2) is 4.21. The van der Waals surface area contributed by atoms with Gasteiger partial charge in [0.25, 0.3) is 5.91 Å². The first kappa shape index (κ1) is 11.1. The molecule has 1 aromatic rings. The molecule has 5 nitrogen and oxygen atoms in total. The van der Waals surface area contributed by atoms with Crippen LogP contribution in [0, 0.1) is 12.8 Å². The van der Waals surface area contributed by atoms with Crippen LogP contribution in [-0.2, 0) is 4.79 Å². The summed E-state index contributed by atoms with van der Waals surface area (Å²) in [4.78, 5) is 28.7. The second-order valence-electron chi connectivity index (χ2n) is 3.94. The van der Waals surface area contributed by atoms with E-state index < -0.39 is 5.97 Å². The lowest BCUT2D eigenvalue weighted by molar-refractivity contribution is -0.139. The van der Waals surface area contributed by atoms with Crippen molar-refractivity contribution >= 4 is 23.2 Å². The number of carbonyl (C=O) groups is 2. The molecule has 1 amide bonds. The van der Waals surface area contributed by atoms with E-state index in [9.17, 15) is 9.59 Å². The molecule has 0 saturated carbocycles. The Bertz CT molecular complexity index is 423. The number of carboxylic acid groups (broad SMARTS) is 1. The number of hydrogen-bond acceptors (Lipinski definition) is 4. The Balaban J connectivity index is 1.91. The van der Waals surface area contributed by atoms with E-state index >= 15 is 0 Å². The van der Waals surface area contributed by atoms with Crippen LogP contribution >= 0.6 is 11.3 Å². The number of aliphatic carboxylic acids is 1. The average molecular weight is 240 g/mol. The maximum absolute atomic E-state index is 11.9. The number of aromatic nitrogens is 1. The monoisotopic (exact) mass is 240 g/mol. The molecule has 0 atom stereocenters. The molecule has 1 fully saturated rings. The van der Waals surface area contributed by atoms with Gasteiger partial charge in [-0.15, -0.1) is 11.3 Å². The van der Waals surface area contributed by atoms with Gasteiger partial charge in [0.1, 0.15) is 4.88 Å². The number of likely N-dealkylation sites (tertiary alicyclic amines) is 1. The Morgan fingerprint density at radius 2 is 2.31 bits per heavy atom. The van der Waals surface area contributed by atoms with Crippen LogP contribution < -0.4 is 0 Å². The number of carbonyl (C=O) groups excluding carboxylic acids is 1. The van der Waals surface area contributed by atoms with Gasteiger partial charge in [0.15, 0.2) is 0 Å². The van der Waals surface area contributed by atoms with Crippen LogP contribution in [0.4, 0.5) is 0 Å². The van der Waals surface area contributed by atoms with Gasteiger partial charge in [-0.1, -0.05) is 0 Å². The molecule has 0 aromatic carbocycles. The Hall–Kier alpha value is -1.43. The summed E-state index contributed by atoms with van der Waals surface area (Å²) in [6.45, 7) is 2.89. The highest BCUT2D eigenvalue weighted by Crippen LogP contribution is 2.24. The molecule has 86 valence electrons. The summed E-state index contributed by atoms with van der Waals surface area (Å²) in [5.74, 6) is -0.720. The molecule has 0 unspecified atom stereocenters. The third-order valence-electron chi connectivity index (χ3n) is 2.65. The zero-order valence-corrected chi connectivity index (χ0v) is 9.66. The maximum atomic E-state index is 11.9. The Kier molecular flexibility index (Phi) is 2.91. The fourth-order valence-electron chi connectivity index (χ4n) is 1.76. The fraction of sp³-hybridized carbons (Fsp3) is 0.500. The summed E-state index contributed by atoms with van der Waals surface area (Å²) in [5.41, 5.74) is 2.40. The third kappa shape index (κ3) is 2.06. The first-order valence-corrected chi connectivity index (χ1v) is 5.87. The van der Waals surface area contributed by atoms with E-state index in [1.54, 1.807) is 17.3 Å². The maximum Gasteiger partial charge on any atom is 0.303 e. The van der Waals surface area contributed by atoms with Crippen molar-refractivity contribution in [3.63, 3.8) is 0 Å². The molecule has 0 spiro atoms. The number of aryl methyl sites for hydroxylation is 1. The van der Waals surface area contributed by atoms with Crippen molar-refractivity contribution < 1.29 is 14.7 Å². The van der Waals surface area contributed by atoms with Crippen molar-refractivity contribution in [3.05, 3.63) is 16.1 Å². The fourth-order valence-corrected chi connectivity index (χ4v) is 2.53. The first-order valence-electron chi connectivity index (χ1n) is 4.99. The van der Waals surface area contributed by atoms with E-state index in [2.05, 4.69) is 4.98 Å². The molecule has 1 N–H and O–H groups in total. The van der Waals surface area contributed by atoms with Gasteiger partial charge in [-0.25, -0.2) is 4.98 Å². The molecule has 1 saturated heterocycles. The minimum Gasteiger partial charge on any atom is -0.481 e. The molecule has 1 aromatic heterocycles. The van der Waals surface area contributed by atoms with E-state index in [1.807, 2.05) is 0 Å². The molecule has 1 aliphatic heterocycles. The highest BCUT2D eigenvalue weighted by atomic mass is 32.1. The van der Waals surface area contributed by atoms with Crippen LogP contribution in [0.25, 0.3) is 0 Å². The third-order valence-corrected chi connectivity index (χ3v) is 3.56. The van der Waals surface area contributed by atoms with Gasteiger partial charge in [0.05, 0.1) is 17.6 Å². The number of nitrogens with zero attached hydrogens (tertiary/aromatic N) is 2. The van der Waals surface area contributed by atoms with Crippen molar-refractivity contribution in [2.24, 2.45) is 5.92 Å². The van der Waals surface area contributed by atoms with Crippen molar-refractivity contribution in [2.75, 3.05) is 13.1 Å². The molecule has 0 aliphatic carbocycles. The predicted octanol–water partition coefficient (Wildman–Crippen LogP) is 0.998. The van der Waals surface area contributed by atoms with E-state index in [1.165, 1.54) is 11.3 Å². The van der Waals surface area contributed by atoms with E-state index in [0.29, 0.717) is 18.0 Å². The van der Waals surface area contributed by atoms with Crippen LogP contribution in [0.3, 0.4) is 0 Å². The highest BCUT2D eigenvalue weighted by molar-refractivity contribution is 7.11. The number of thiazole rings is 1. The lowest BCUT2D eigenvalue weighted by atomic mass is 9.96. The molecular weight excluding hydrogens is 228 g/mol. The van der Waals surface area contributed by atoms with Crippen LogP contribution in [0.1, 0.15) is 21.8 Å². The predicted molar refractivity (Wildman–Crippen MR) is 58.5 cm³/mol. The van der Waals surface area contributed by atoms with E-state index in [-0.39, 0.29) is 18.2 Å². The Labute approximate surface area is 96.7 Å². The summed E-state index contributed by atoms with van der Waals surface area (Å²) in [7, 11) is 0. The van der Waals surface area contributed by atoms with Crippen LogP contribution in [0.15, 0.2) is 5.51 Å². The first-order chi connectivity index (χ1) is 7.58. The van der Waals surface area contributed by atoms with Gasteiger partial charge in [-0.2, -0.15) is 0 Å². The minimum absolute atomic E-state index is 0.0263. The molecule has 1 aliphatic rings. The highest BCUT2D eigenvalue weighted by Gasteiger charge is 2.33. The molecular formula is C10H12N2O3S. The Morgan fingerprint density at radius 1 is 1.62 bits per heavy atom. The smallest absolute Gasteiger partial charge is 0.303 e. The molecule has 6 heteroatoms. The van der Waals surface area contributed by atoms with Gasteiger partial charge < -0.3 is 10.0 Å². The quantitative estimate of drug-likeness (QED) is 0.855. The lowest BCUT2D eigenvalue weighted by Crippen LogP contribution is -2.50. The van der Waals surface area contributed by atoms with Gasteiger partial charge >= 0.3 is 5.97 Å². The summed E-state index contributed by atoms with van der Waals surface area (Å²) >= 11 is 1.33. The Morgan fingerprint density at radius 3 is 2.81 bits per heavy atom. The zero-order valence-electron chi connectivity index (χ0n) is 8.84. The second-order valence-corrected chi connectivity index (χ2v) is 4.80. The lowest BCUT2D eigenvalue weighted by Gasteiger charge is -2.38. The van der Waals surface area contributed by atoms with Crippen LogP contribution in [-0.4, -0.2) is 40.0 Å². The van der Waals surface area contributed by atoms with Crippen LogP contribution in [0.5, 0.6) is 0 Å². The molecule has 0 radical (unpaired) electrons.